The quantitative estimate of drug-likeness (QED) is 0.599. The van der Waals surface area contributed by atoms with E-state index in [1.807, 2.05) is 23.7 Å². The first-order valence-electron chi connectivity index (χ1n) is 3.72. The highest BCUT2D eigenvalue weighted by Crippen LogP contribution is 2.15. The maximum absolute atomic E-state index is 8.64. The van der Waals surface area contributed by atoms with E-state index in [-0.39, 0.29) is 0 Å². The van der Waals surface area contributed by atoms with Gasteiger partial charge in [-0.25, -0.2) is 0 Å². The van der Waals surface area contributed by atoms with Crippen LogP contribution in [0.1, 0.15) is 31.2 Å². The molecule has 0 aliphatic carbocycles. The average Bonchev–Trinajstić information content (AvgIpc) is 2.30. The van der Waals surface area contributed by atoms with E-state index in [4.69, 9.17) is 5.26 Å². The van der Waals surface area contributed by atoms with Gasteiger partial charge in [-0.05, 0) is 18.1 Å². The summed E-state index contributed by atoms with van der Waals surface area (Å²) in [4.78, 5) is 0. The molecule has 0 fully saturated rings. The molecule has 0 aliphatic rings. The summed E-state index contributed by atoms with van der Waals surface area (Å²) in [6.45, 7) is 4.24. The molecule has 1 aromatic heterocycles. The fourth-order valence-electron chi connectivity index (χ4n) is 1.22. The standard InChI is InChI=1S/C9H12N2/c1-7(2)9-5-4-8(6-10)11(9)3/h4-5,7H,1-3H3. The molecule has 0 atom stereocenters. The summed E-state index contributed by atoms with van der Waals surface area (Å²) >= 11 is 0. The lowest BCUT2D eigenvalue weighted by Gasteiger charge is -2.06. The second-order valence-electron chi connectivity index (χ2n) is 2.97. The van der Waals surface area contributed by atoms with Gasteiger partial charge in [-0.1, -0.05) is 13.8 Å². The second-order valence-corrected chi connectivity index (χ2v) is 2.97. The first kappa shape index (κ1) is 7.87. The van der Waals surface area contributed by atoms with Crippen LogP contribution in [0.3, 0.4) is 0 Å². The van der Waals surface area contributed by atoms with Crippen LogP contribution in [0, 0.1) is 11.3 Å². The third kappa shape index (κ3) is 1.27. The van der Waals surface area contributed by atoms with Crippen molar-refractivity contribution in [2.45, 2.75) is 19.8 Å². The Hall–Kier alpha value is -1.23. The van der Waals surface area contributed by atoms with Gasteiger partial charge in [0.15, 0.2) is 0 Å². The van der Waals surface area contributed by atoms with E-state index in [9.17, 15) is 0 Å². The number of hydrogen-bond donors (Lipinski definition) is 0. The van der Waals surface area contributed by atoms with Gasteiger partial charge >= 0.3 is 0 Å². The monoisotopic (exact) mass is 148 g/mol. The third-order valence-electron chi connectivity index (χ3n) is 1.87. The summed E-state index contributed by atoms with van der Waals surface area (Å²) in [5.74, 6) is 0.488. The Morgan fingerprint density at radius 1 is 1.45 bits per heavy atom. The number of nitriles is 1. The first-order valence-corrected chi connectivity index (χ1v) is 3.72. The molecule has 0 aliphatic heterocycles. The predicted molar refractivity (Wildman–Crippen MR) is 44.2 cm³/mol. The maximum atomic E-state index is 8.64. The highest BCUT2D eigenvalue weighted by Gasteiger charge is 2.05. The molecular weight excluding hydrogens is 136 g/mol. The van der Waals surface area contributed by atoms with Gasteiger partial charge in [-0.2, -0.15) is 5.26 Å². The molecule has 0 saturated carbocycles. The molecule has 1 rings (SSSR count). The largest absolute Gasteiger partial charge is 0.339 e. The molecule has 0 radical (unpaired) electrons. The zero-order valence-electron chi connectivity index (χ0n) is 7.13. The zero-order valence-corrected chi connectivity index (χ0v) is 7.13. The lowest BCUT2D eigenvalue weighted by Crippen LogP contribution is -1.99. The van der Waals surface area contributed by atoms with Crippen LogP contribution in [-0.2, 0) is 7.05 Å². The summed E-state index contributed by atoms with van der Waals surface area (Å²) in [5.41, 5.74) is 1.94. The van der Waals surface area contributed by atoms with Gasteiger partial charge < -0.3 is 4.57 Å². The van der Waals surface area contributed by atoms with Crippen LogP contribution in [0.4, 0.5) is 0 Å². The van der Waals surface area contributed by atoms with Crippen molar-refractivity contribution in [1.82, 2.24) is 4.57 Å². The fraction of sp³-hybridized carbons (Fsp3) is 0.444. The van der Waals surface area contributed by atoms with Crippen LogP contribution in [0.2, 0.25) is 0 Å². The van der Waals surface area contributed by atoms with Crippen molar-refractivity contribution in [2.24, 2.45) is 7.05 Å². The molecule has 0 bridgehead atoms. The minimum absolute atomic E-state index is 0.488. The second kappa shape index (κ2) is 2.79. The molecular formula is C9H12N2. The SMILES string of the molecule is CC(C)c1ccc(C#N)n1C. The van der Waals surface area contributed by atoms with E-state index in [0.717, 1.165) is 5.69 Å². The molecule has 1 aromatic rings. The average molecular weight is 148 g/mol. The first-order chi connectivity index (χ1) is 5.16. The minimum atomic E-state index is 0.488. The Balaban J connectivity index is 3.13. The molecule has 11 heavy (non-hydrogen) atoms. The topological polar surface area (TPSA) is 28.7 Å². The van der Waals surface area contributed by atoms with Crippen LogP contribution < -0.4 is 0 Å². The number of hydrogen-bond acceptors (Lipinski definition) is 1. The Labute approximate surface area is 67.1 Å². The molecule has 0 saturated heterocycles. The van der Waals surface area contributed by atoms with Crippen LogP contribution in [0.5, 0.6) is 0 Å². The Morgan fingerprint density at radius 2 is 2.09 bits per heavy atom. The summed E-state index contributed by atoms with van der Waals surface area (Å²) < 4.78 is 1.94. The minimum Gasteiger partial charge on any atom is -0.339 e. The van der Waals surface area contributed by atoms with Crippen molar-refractivity contribution in [3.63, 3.8) is 0 Å². The van der Waals surface area contributed by atoms with E-state index < -0.39 is 0 Å². The molecule has 2 heteroatoms. The molecule has 0 unspecified atom stereocenters. The summed E-state index contributed by atoms with van der Waals surface area (Å²) in [6, 6.07) is 5.99. The normalized spacial score (nSPS) is 10.1. The summed E-state index contributed by atoms with van der Waals surface area (Å²) in [5, 5.41) is 8.64. The molecule has 58 valence electrons. The maximum Gasteiger partial charge on any atom is 0.120 e. The molecule has 1 heterocycles. The van der Waals surface area contributed by atoms with Gasteiger partial charge in [0.1, 0.15) is 11.8 Å². The van der Waals surface area contributed by atoms with Crippen molar-refractivity contribution in [3.8, 4) is 6.07 Å². The van der Waals surface area contributed by atoms with Crippen molar-refractivity contribution >= 4 is 0 Å². The predicted octanol–water partition coefficient (Wildman–Crippen LogP) is 2.02. The Morgan fingerprint density at radius 3 is 2.36 bits per heavy atom. The molecule has 0 N–H and O–H groups in total. The Bertz CT molecular complexity index is 289. The molecule has 0 amide bonds. The van der Waals surface area contributed by atoms with E-state index in [1.165, 1.54) is 5.69 Å². The van der Waals surface area contributed by atoms with Gasteiger partial charge in [0.25, 0.3) is 0 Å². The van der Waals surface area contributed by atoms with E-state index >= 15 is 0 Å². The van der Waals surface area contributed by atoms with Crippen LogP contribution in [-0.4, -0.2) is 4.57 Å². The number of aromatic nitrogens is 1. The highest BCUT2D eigenvalue weighted by molar-refractivity contribution is 5.27. The molecule has 2 nitrogen and oxygen atoms in total. The van der Waals surface area contributed by atoms with Crippen molar-refractivity contribution in [2.75, 3.05) is 0 Å². The number of nitrogens with zero attached hydrogens (tertiary/aromatic N) is 2. The zero-order chi connectivity index (χ0) is 8.43. The summed E-state index contributed by atoms with van der Waals surface area (Å²) in [7, 11) is 1.92. The van der Waals surface area contributed by atoms with E-state index in [2.05, 4.69) is 19.9 Å². The van der Waals surface area contributed by atoms with Gasteiger partial charge in [0.05, 0.1) is 0 Å². The van der Waals surface area contributed by atoms with Gasteiger partial charge in [-0.15, -0.1) is 0 Å². The van der Waals surface area contributed by atoms with Crippen LogP contribution >= 0.6 is 0 Å². The third-order valence-corrected chi connectivity index (χ3v) is 1.87. The summed E-state index contributed by atoms with van der Waals surface area (Å²) in [6.07, 6.45) is 0. The lowest BCUT2D eigenvalue weighted by atomic mass is 10.1. The fourth-order valence-corrected chi connectivity index (χ4v) is 1.22. The van der Waals surface area contributed by atoms with Crippen molar-refractivity contribution in [1.29, 1.82) is 5.26 Å². The lowest BCUT2D eigenvalue weighted by molar-refractivity contribution is 0.735. The van der Waals surface area contributed by atoms with E-state index in [0.29, 0.717) is 5.92 Å². The van der Waals surface area contributed by atoms with Crippen molar-refractivity contribution in [3.05, 3.63) is 23.5 Å². The van der Waals surface area contributed by atoms with Crippen LogP contribution in [0.25, 0.3) is 0 Å². The smallest absolute Gasteiger partial charge is 0.120 e. The highest BCUT2D eigenvalue weighted by atomic mass is 15.0. The molecule has 0 spiro atoms. The Kier molecular flexibility index (Phi) is 2.00. The van der Waals surface area contributed by atoms with Gasteiger partial charge in [0, 0.05) is 12.7 Å². The molecule has 0 aromatic carbocycles. The number of rotatable bonds is 1. The van der Waals surface area contributed by atoms with Crippen molar-refractivity contribution < 1.29 is 0 Å². The van der Waals surface area contributed by atoms with Gasteiger partial charge in [-0.3, -0.25) is 0 Å². The van der Waals surface area contributed by atoms with E-state index in [1.54, 1.807) is 0 Å². The van der Waals surface area contributed by atoms with Gasteiger partial charge in [0.2, 0.25) is 0 Å². The van der Waals surface area contributed by atoms with Crippen LogP contribution in [0.15, 0.2) is 12.1 Å².